The van der Waals surface area contributed by atoms with E-state index in [-0.39, 0.29) is 18.1 Å². The van der Waals surface area contributed by atoms with E-state index in [0.717, 1.165) is 5.69 Å². The van der Waals surface area contributed by atoms with Crippen LogP contribution in [0.3, 0.4) is 0 Å². The van der Waals surface area contributed by atoms with Gasteiger partial charge in [-0.25, -0.2) is 9.48 Å². The molecule has 0 N–H and O–H groups in total. The van der Waals surface area contributed by atoms with Gasteiger partial charge in [0, 0.05) is 17.3 Å². The molecule has 6 heteroatoms. The van der Waals surface area contributed by atoms with Crippen LogP contribution in [-0.4, -0.2) is 35.2 Å². The zero-order chi connectivity index (χ0) is 19.9. The highest BCUT2D eigenvalue weighted by atomic mass is 16.5. The Morgan fingerprint density at radius 3 is 2.61 bits per heavy atom. The number of rotatable bonds is 7. The van der Waals surface area contributed by atoms with Gasteiger partial charge in [0.05, 0.1) is 19.4 Å². The smallest absolute Gasteiger partial charge is 0.359 e. The summed E-state index contributed by atoms with van der Waals surface area (Å²) in [5.74, 6) is -0.143. The second-order valence-electron chi connectivity index (χ2n) is 5.86. The van der Waals surface area contributed by atoms with Gasteiger partial charge < -0.3 is 9.47 Å². The molecule has 1 aromatic heterocycles. The Kier molecular flexibility index (Phi) is 6.01. The molecule has 0 spiro atoms. The molecule has 0 aliphatic carbocycles. The molecule has 0 atom stereocenters. The van der Waals surface area contributed by atoms with Crippen molar-refractivity contribution in [3.8, 4) is 11.4 Å². The van der Waals surface area contributed by atoms with Crippen molar-refractivity contribution in [1.29, 1.82) is 0 Å². The van der Waals surface area contributed by atoms with E-state index in [9.17, 15) is 9.59 Å². The summed E-state index contributed by atoms with van der Waals surface area (Å²) in [6.07, 6.45) is 4.67. The van der Waals surface area contributed by atoms with E-state index >= 15 is 0 Å². The van der Waals surface area contributed by atoms with Gasteiger partial charge in [-0.1, -0.05) is 30.3 Å². The molecule has 2 aromatic carbocycles. The normalized spacial score (nSPS) is 10.8. The van der Waals surface area contributed by atoms with Gasteiger partial charge in [-0.2, -0.15) is 5.10 Å². The number of hydrogen-bond donors (Lipinski definition) is 0. The number of allylic oxidation sites excluding steroid dienone is 1. The van der Waals surface area contributed by atoms with Crippen molar-refractivity contribution >= 4 is 17.8 Å². The topological polar surface area (TPSA) is 70.4 Å². The average Bonchev–Trinajstić information content (AvgIpc) is 3.17. The lowest BCUT2D eigenvalue weighted by Crippen LogP contribution is -2.08. The van der Waals surface area contributed by atoms with E-state index in [1.165, 1.54) is 6.08 Å². The van der Waals surface area contributed by atoms with E-state index in [4.69, 9.17) is 9.47 Å². The fourth-order valence-corrected chi connectivity index (χ4v) is 2.62. The van der Waals surface area contributed by atoms with Crippen LogP contribution in [-0.2, 0) is 4.74 Å². The van der Waals surface area contributed by atoms with Crippen molar-refractivity contribution < 1.29 is 19.1 Å². The van der Waals surface area contributed by atoms with E-state index in [2.05, 4.69) is 5.10 Å². The van der Waals surface area contributed by atoms with Gasteiger partial charge in [-0.3, -0.25) is 4.79 Å². The summed E-state index contributed by atoms with van der Waals surface area (Å²) in [5.41, 5.74) is 1.94. The number of esters is 1. The number of para-hydroxylation sites is 1. The zero-order valence-corrected chi connectivity index (χ0v) is 15.7. The summed E-state index contributed by atoms with van der Waals surface area (Å²) in [4.78, 5) is 24.8. The number of ether oxygens (including phenoxy) is 2. The van der Waals surface area contributed by atoms with Crippen LogP contribution in [0.1, 0.15) is 33.3 Å². The van der Waals surface area contributed by atoms with E-state index in [1.807, 2.05) is 30.3 Å². The van der Waals surface area contributed by atoms with Gasteiger partial charge in [0.2, 0.25) is 0 Å². The van der Waals surface area contributed by atoms with Gasteiger partial charge in [0.15, 0.2) is 11.5 Å². The molecule has 0 amide bonds. The molecule has 3 aromatic rings. The predicted molar refractivity (Wildman–Crippen MR) is 106 cm³/mol. The van der Waals surface area contributed by atoms with Crippen LogP contribution >= 0.6 is 0 Å². The number of hydrogen-bond acceptors (Lipinski definition) is 5. The molecular formula is C22H20N2O4. The van der Waals surface area contributed by atoms with E-state index in [1.54, 1.807) is 55.3 Å². The van der Waals surface area contributed by atoms with Crippen LogP contribution in [0.15, 0.2) is 66.9 Å². The molecule has 0 saturated heterocycles. The van der Waals surface area contributed by atoms with Crippen LogP contribution in [0, 0.1) is 0 Å². The number of nitrogens with zero attached hydrogens (tertiary/aromatic N) is 2. The molecule has 142 valence electrons. The summed E-state index contributed by atoms with van der Waals surface area (Å²) >= 11 is 0. The number of benzene rings is 2. The van der Waals surface area contributed by atoms with E-state index < -0.39 is 5.97 Å². The minimum absolute atomic E-state index is 0.153. The van der Waals surface area contributed by atoms with Crippen molar-refractivity contribution in [2.45, 2.75) is 6.92 Å². The molecule has 28 heavy (non-hydrogen) atoms. The van der Waals surface area contributed by atoms with Gasteiger partial charge in [-0.15, -0.1) is 0 Å². The number of methoxy groups -OCH3 is 1. The maximum atomic E-state index is 12.5. The van der Waals surface area contributed by atoms with Crippen LogP contribution < -0.4 is 4.74 Å². The van der Waals surface area contributed by atoms with Crippen LogP contribution in [0.2, 0.25) is 0 Å². The lowest BCUT2D eigenvalue weighted by atomic mass is 10.1. The first-order valence-corrected chi connectivity index (χ1v) is 8.81. The summed E-state index contributed by atoms with van der Waals surface area (Å²) in [7, 11) is 1.54. The van der Waals surface area contributed by atoms with Crippen molar-refractivity contribution in [2.75, 3.05) is 13.7 Å². The van der Waals surface area contributed by atoms with Crippen molar-refractivity contribution in [3.05, 3.63) is 83.7 Å². The Morgan fingerprint density at radius 1 is 1.11 bits per heavy atom. The molecule has 0 unspecified atom stereocenters. The third-order valence-corrected chi connectivity index (χ3v) is 4.00. The highest BCUT2D eigenvalue weighted by Gasteiger charge is 2.17. The molecular weight excluding hydrogens is 356 g/mol. The number of carbonyl (C=O) groups excluding carboxylic acids is 2. The Bertz CT molecular complexity index is 1010. The van der Waals surface area contributed by atoms with Gasteiger partial charge in [-0.05, 0) is 43.3 Å². The number of aromatic nitrogens is 2. The minimum Gasteiger partial charge on any atom is -0.497 e. The Morgan fingerprint density at radius 2 is 1.89 bits per heavy atom. The predicted octanol–water partition coefficient (Wildman–Crippen LogP) is 3.95. The second-order valence-corrected chi connectivity index (χ2v) is 5.86. The molecule has 0 radical (unpaired) electrons. The standard InChI is InChI=1S/C22H20N2O4/c1-3-28-22(26)21-17(15-24(23-21)18-9-5-4-6-10-18)12-13-20(25)16-8-7-11-19(14-16)27-2/h4-15H,3H2,1-2H3/b13-12+. The van der Waals surface area contributed by atoms with Crippen molar-refractivity contribution in [2.24, 2.45) is 0 Å². The molecule has 0 bridgehead atoms. The quantitative estimate of drug-likeness (QED) is 0.355. The van der Waals surface area contributed by atoms with Gasteiger partial charge in [0.1, 0.15) is 5.75 Å². The molecule has 0 fully saturated rings. The van der Waals surface area contributed by atoms with Crippen LogP contribution in [0.5, 0.6) is 5.75 Å². The van der Waals surface area contributed by atoms with Crippen molar-refractivity contribution in [1.82, 2.24) is 9.78 Å². The lowest BCUT2D eigenvalue weighted by molar-refractivity contribution is 0.0518. The molecule has 3 rings (SSSR count). The monoisotopic (exact) mass is 376 g/mol. The molecule has 1 heterocycles. The number of carbonyl (C=O) groups is 2. The first-order valence-electron chi connectivity index (χ1n) is 8.81. The summed E-state index contributed by atoms with van der Waals surface area (Å²) < 4.78 is 11.8. The van der Waals surface area contributed by atoms with E-state index in [0.29, 0.717) is 16.9 Å². The third-order valence-electron chi connectivity index (χ3n) is 4.00. The fraction of sp³-hybridized carbons (Fsp3) is 0.136. The largest absolute Gasteiger partial charge is 0.497 e. The summed E-state index contributed by atoms with van der Waals surface area (Å²) in [6.45, 7) is 1.97. The lowest BCUT2D eigenvalue weighted by Gasteiger charge is -2.01. The first kappa shape index (κ1) is 19.1. The highest BCUT2D eigenvalue weighted by Crippen LogP contribution is 2.17. The maximum Gasteiger partial charge on any atom is 0.359 e. The summed E-state index contributed by atoms with van der Waals surface area (Å²) in [6, 6.07) is 16.3. The minimum atomic E-state index is -0.536. The summed E-state index contributed by atoms with van der Waals surface area (Å²) in [5, 5.41) is 4.34. The average molecular weight is 376 g/mol. The van der Waals surface area contributed by atoms with Gasteiger partial charge in [0.25, 0.3) is 0 Å². The molecule has 0 aliphatic rings. The van der Waals surface area contributed by atoms with Gasteiger partial charge >= 0.3 is 5.97 Å². The Labute approximate surface area is 163 Å². The molecule has 6 nitrogen and oxygen atoms in total. The van der Waals surface area contributed by atoms with Crippen LogP contribution in [0.4, 0.5) is 0 Å². The Balaban J connectivity index is 1.92. The Hall–Kier alpha value is -3.67. The molecule has 0 saturated carbocycles. The fourth-order valence-electron chi connectivity index (χ4n) is 2.62. The SMILES string of the molecule is CCOC(=O)c1nn(-c2ccccc2)cc1/C=C/C(=O)c1cccc(OC)c1. The number of ketones is 1. The molecule has 0 aliphatic heterocycles. The second kappa shape index (κ2) is 8.81. The highest BCUT2D eigenvalue weighted by molar-refractivity contribution is 6.07. The maximum absolute atomic E-state index is 12.5. The van der Waals surface area contributed by atoms with Crippen molar-refractivity contribution in [3.63, 3.8) is 0 Å². The first-order chi connectivity index (χ1) is 13.6. The zero-order valence-electron chi connectivity index (χ0n) is 15.7. The third kappa shape index (κ3) is 4.35. The van der Waals surface area contributed by atoms with Crippen LogP contribution in [0.25, 0.3) is 11.8 Å².